The van der Waals surface area contributed by atoms with Gasteiger partial charge >= 0.3 is 6.04 Å². The molecule has 0 radical (unpaired) electrons. The Bertz CT molecular complexity index is 630. The predicted octanol–water partition coefficient (Wildman–Crippen LogP) is 1.18. The first kappa shape index (κ1) is 11.7. The number of fused-ring (bicyclic) bond motifs is 1. The highest BCUT2D eigenvalue weighted by Gasteiger charge is 2.40. The zero-order chi connectivity index (χ0) is 12.6. The predicted molar refractivity (Wildman–Crippen MR) is 59.8 cm³/mol. The van der Waals surface area contributed by atoms with Crippen LogP contribution < -0.4 is 0 Å². The number of benzene rings is 1. The third-order valence-corrected chi connectivity index (χ3v) is 3.50. The molecule has 0 aliphatic heterocycles. The molecule has 1 aliphatic carbocycles. The smallest absolute Gasteiger partial charge is 0.368 e. The first-order chi connectivity index (χ1) is 7.95. The SMILES string of the molecule is N#[N+]C1c2ccccc2C(S(=O)(=O)O)=CC1O. The molecule has 0 fully saturated rings. The second kappa shape index (κ2) is 3.92. The number of aliphatic hydroxyl groups excluding tert-OH is 1. The van der Waals surface area contributed by atoms with E-state index < -0.39 is 22.3 Å². The number of hydrogen-bond acceptors (Lipinski definition) is 4. The number of nitrogens with zero attached hydrogens (tertiary/aromatic N) is 2. The van der Waals surface area contributed by atoms with Gasteiger partial charge in [-0.3, -0.25) is 4.55 Å². The minimum absolute atomic E-state index is 0.225. The van der Waals surface area contributed by atoms with E-state index in [-0.39, 0.29) is 10.5 Å². The first-order valence-corrected chi connectivity index (χ1v) is 6.20. The molecule has 0 amide bonds. The zero-order valence-electron chi connectivity index (χ0n) is 8.56. The van der Waals surface area contributed by atoms with E-state index in [0.717, 1.165) is 6.08 Å². The minimum atomic E-state index is -4.43. The van der Waals surface area contributed by atoms with Gasteiger partial charge in [-0.05, 0) is 6.08 Å². The summed E-state index contributed by atoms with van der Waals surface area (Å²) in [5, 5.41) is 18.5. The summed E-state index contributed by atoms with van der Waals surface area (Å²) >= 11 is 0. The fourth-order valence-electron chi connectivity index (χ4n) is 1.85. The molecule has 6 nitrogen and oxygen atoms in total. The van der Waals surface area contributed by atoms with E-state index in [1.165, 1.54) is 12.1 Å². The van der Waals surface area contributed by atoms with Crippen LogP contribution in [-0.4, -0.2) is 24.2 Å². The summed E-state index contributed by atoms with van der Waals surface area (Å²) in [7, 11) is -4.43. The molecule has 0 saturated carbocycles. The van der Waals surface area contributed by atoms with Gasteiger partial charge in [-0.1, -0.05) is 24.3 Å². The molecule has 7 heteroatoms. The van der Waals surface area contributed by atoms with Crippen molar-refractivity contribution in [2.24, 2.45) is 0 Å². The number of rotatable bonds is 1. The van der Waals surface area contributed by atoms with E-state index in [1.54, 1.807) is 12.1 Å². The average molecular weight is 253 g/mol. The fraction of sp³-hybridized carbons (Fsp3) is 0.200. The maximum absolute atomic E-state index is 11.2. The molecule has 0 saturated heterocycles. The van der Waals surface area contributed by atoms with E-state index in [1.807, 2.05) is 0 Å². The van der Waals surface area contributed by atoms with Crippen molar-refractivity contribution in [3.05, 3.63) is 46.4 Å². The van der Waals surface area contributed by atoms with Crippen LogP contribution in [0.5, 0.6) is 0 Å². The van der Waals surface area contributed by atoms with Crippen molar-refractivity contribution in [1.82, 2.24) is 0 Å². The summed E-state index contributed by atoms with van der Waals surface area (Å²) in [5.74, 6) is 0. The lowest BCUT2D eigenvalue weighted by Crippen LogP contribution is -2.21. The molecule has 0 heterocycles. The first-order valence-electron chi connectivity index (χ1n) is 4.76. The molecule has 0 bridgehead atoms. The minimum Gasteiger partial charge on any atom is -0.380 e. The molecule has 2 unspecified atom stereocenters. The quantitative estimate of drug-likeness (QED) is 0.578. The third kappa shape index (κ3) is 1.93. The van der Waals surface area contributed by atoms with Crippen LogP contribution in [0.1, 0.15) is 17.2 Å². The Morgan fingerprint density at radius 3 is 2.53 bits per heavy atom. The van der Waals surface area contributed by atoms with Crippen LogP contribution in [0, 0.1) is 5.39 Å². The van der Waals surface area contributed by atoms with Gasteiger partial charge < -0.3 is 5.11 Å². The van der Waals surface area contributed by atoms with Gasteiger partial charge in [0.15, 0.2) is 6.10 Å². The summed E-state index contributed by atoms with van der Waals surface area (Å²) in [6, 6.07) is 5.26. The molecule has 1 aliphatic rings. The van der Waals surface area contributed by atoms with Crippen molar-refractivity contribution >= 4 is 15.0 Å². The van der Waals surface area contributed by atoms with Crippen LogP contribution >= 0.6 is 0 Å². The zero-order valence-corrected chi connectivity index (χ0v) is 9.37. The Balaban J connectivity index is 2.72. The Morgan fingerprint density at radius 2 is 1.94 bits per heavy atom. The van der Waals surface area contributed by atoms with Gasteiger partial charge in [0.2, 0.25) is 5.39 Å². The lowest BCUT2D eigenvalue weighted by atomic mass is 9.91. The molecule has 1 aromatic carbocycles. The Kier molecular flexibility index (Phi) is 2.71. The molecule has 2 rings (SSSR count). The van der Waals surface area contributed by atoms with Gasteiger partial charge in [-0.15, -0.1) is 0 Å². The highest BCUT2D eigenvalue weighted by molar-refractivity contribution is 7.95. The molecular weight excluding hydrogens is 244 g/mol. The second-order valence-corrected chi connectivity index (χ2v) is 5.03. The molecule has 88 valence electrons. The third-order valence-electron chi connectivity index (χ3n) is 2.59. The summed E-state index contributed by atoms with van der Waals surface area (Å²) in [6.07, 6.45) is -0.339. The molecule has 0 spiro atoms. The van der Waals surface area contributed by atoms with Crippen molar-refractivity contribution in [3.8, 4) is 0 Å². The second-order valence-electron chi connectivity index (χ2n) is 3.64. The van der Waals surface area contributed by atoms with Crippen LogP contribution in [0.25, 0.3) is 9.88 Å². The van der Waals surface area contributed by atoms with Crippen molar-refractivity contribution in [2.75, 3.05) is 0 Å². The van der Waals surface area contributed by atoms with E-state index in [9.17, 15) is 13.5 Å². The lowest BCUT2D eigenvalue weighted by molar-refractivity contribution is 0.204. The largest absolute Gasteiger partial charge is 0.380 e. The molecule has 2 N–H and O–H groups in total. The van der Waals surface area contributed by atoms with Gasteiger partial charge in [0.25, 0.3) is 10.1 Å². The standard InChI is InChI=1S/C10H8N2O4S/c11-12-10-7-4-2-1-3-6(7)9(5-8(10)13)17(14,15)16/h1-5,8,10,13H/p+1. The fourth-order valence-corrected chi connectivity index (χ4v) is 2.63. The maximum Gasteiger partial charge on any atom is 0.368 e. The summed E-state index contributed by atoms with van der Waals surface area (Å²) in [6.45, 7) is 0. The van der Waals surface area contributed by atoms with Crippen molar-refractivity contribution in [2.45, 2.75) is 12.1 Å². The Hall–Kier alpha value is -1.75. The van der Waals surface area contributed by atoms with Crippen LogP contribution in [0.15, 0.2) is 30.3 Å². The monoisotopic (exact) mass is 253 g/mol. The van der Waals surface area contributed by atoms with Gasteiger partial charge in [0.1, 0.15) is 9.88 Å². The Labute approximate surface area is 97.6 Å². The molecule has 17 heavy (non-hydrogen) atoms. The van der Waals surface area contributed by atoms with Gasteiger partial charge in [0, 0.05) is 5.56 Å². The summed E-state index contributed by atoms with van der Waals surface area (Å²) < 4.78 is 31.4. The molecular formula is C10H9N2O4S+. The van der Waals surface area contributed by atoms with Crippen molar-refractivity contribution < 1.29 is 18.1 Å². The molecule has 2 atom stereocenters. The van der Waals surface area contributed by atoms with Gasteiger partial charge in [-0.25, -0.2) is 0 Å². The van der Waals surface area contributed by atoms with Crippen molar-refractivity contribution in [1.29, 1.82) is 5.39 Å². The van der Waals surface area contributed by atoms with E-state index in [0.29, 0.717) is 5.56 Å². The van der Waals surface area contributed by atoms with Crippen LogP contribution in [-0.2, 0) is 10.1 Å². The lowest BCUT2D eigenvalue weighted by Gasteiger charge is -2.17. The topological polar surface area (TPSA) is 103 Å². The highest BCUT2D eigenvalue weighted by atomic mass is 32.2. The summed E-state index contributed by atoms with van der Waals surface area (Å²) in [4.78, 5) is 2.64. The van der Waals surface area contributed by atoms with Crippen molar-refractivity contribution in [3.63, 3.8) is 0 Å². The van der Waals surface area contributed by atoms with E-state index in [2.05, 4.69) is 4.98 Å². The number of aliphatic hydroxyl groups is 1. The van der Waals surface area contributed by atoms with Gasteiger partial charge in [-0.2, -0.15) is 8.42 Å². The molecule has 0 aromatic heterocycles. The average Bonchev–Trinajstić information content (AvgIpc) is 2.27. The summed E-state index contributed by atoms with van der Waals surface area (Å²) in [5.41, 5.74) is 0.570. The number of hydrogen-bond donors (Lipinski definition) is 2. The van der Waals surface area contributed by atoms with Crippen LogP contribution in [0.2, 0.25) is 0 Å². The maximum atomic E-state index is 11.2. The molecule has 1 aromatic rings. The normalized spacial score (nSPS) is 23.5. The van der Waals surface area contributed by atoms with E-state index >= 15 is 0 Å². The number of diazo groups is 1. The van der Waals surface area contributed by atoms with E-state index in [4.69, 9.17) is 9.95 Å². The van der Waals surface area contributed by atoms with Gasteiger partial charge in [0.05, 0.1) is 5.56 Å². The Morgan fingerprint density at radius 1 is 1.29 bits per heavy atom. The van der Waals surface area contributed by atoms with Crippen LogP contribution in [0.4, 0.5) is 0 Å². The highest BCUT2D eigenvalue weighted by Crippen LogP contribution is 2.37. The van der Waals surface area contributed by atoms with Crippen LogP contribution in [0.3, 0.4) is 0 Å².